The highest BCUT2D eigenvalue weighted by Gasteiger charge is 2.27. The lowest BCUT2D eigenvalue weighted by Crippen LogP contribution is -2.33. The number of fused-ring (bicyclic) bond motifs is 2. The van der Waals surface area contributed by atoms with Gasteiger partial charge in [0.15, 0.2) is 0 Å². The van der Waals surface area contributed by atoms with Crippen molar-refractivity contribution in [3.8, 4) is 0 Å². The standard InChI is InChI=1S/C17H17N3S/c1-11-12-7-9-21-16(12)6-8-20(11)17-13-4-2-3-5-15(13)19-10-14(17)18/h2-5,7,9-11H,6,8,18H2,1H3. The molecular weight excluding hydrogens is 278 g/mol. The summed E-state index contributed by atoms with van der Waals surface area (Å²) in [5.41, 5.74) is 10.6. The SMILES string of the molecule is CC1c2ccsc2CCN1c1c(N)cnc2ccccc12. The molecule has 0 saturated heterocycles. The van der Waals surface area contributed by atoms with E-state index in [1.54, 1.807) is 6.20 Å². The molecule has 0 amide bonds. The van der Waals surface area contributed by atoms with E-state index in [0.717, 1.165) is 35.2 Å². The van der Waals surface area contributed by atoms with E-state index in [-0.39, 0.29) is 0 Å². The summed E-state index contributed by atoms with van der Waals surface area (Å²) < 4.78 is 0. The molecule has 2 aromatic heterocycles. The molecular formula is C17H17N3S. The number of anilines is 2. The van der Waals surface area contributed by atoms with Crippen LogP contribution in [-0.4, -0.2) is 11.5 Å². The van der Waals surface area contributed by atoms with Gasteiger partial charge in [-0.3, -0.25) is 4.98 Å². The Hall–Kier alpha value is -2.07. The Morgan fingerprint density at radius 2 is 2.14 bits per heavy atom. The van der Waals surface area contributed by atoms with E-state index in [2.05, 4.69) is 40.4 Å². The van der Waals surface area contributed by atoms with Crippen molar-refractivity contribution in [3.63, 3.8) is 0 Å². The normalized spacial score (nSPS) is 18.0. The van der Waals surface area contributed by atoms with Crippen LogP contribution in [-0.2, 0) is 6.42 Å². The number of nitrogens with two attached hydrogens (primary N) is 1. The zero-order valence-electron chi connectivity index (χ0n) is 11.9. The maximum absolute atomic E-state index is 6.27. The number of aromatic nitrogens is 1. The Bertz CT molecular complexity index is 809. The van der Waals surface area contributed by atoms with E-state index >= 15 is 0 Å². The Kier molecular flexibility index (Phi) is 2.86. The Morgan fingerprint density at radius 3 is 3.05 bits per heavy atom. The van der Waals surface area contributed by atoms with Crippen LogP contribution in [0.3, 0.4) is 0 Å². The Morgan fingerprint density at radius 1 is 1.29 bits per heavy atom. The van der Waals surface area contributed by atoms with E-state index in [9.17, 15) is 0 Å². The largest absolute Gasteiger partial charge is 0.396 e. The van der Waals surface area contributed by atoms with Gasteiger partial charge in [0.2, 0.25) is 0 Å². The molecule has 3 nitrogen and oxygen atoms in total. The minimum Gasteiger partial charge on any atom is -0.396 e. The van der Waals surface area contributed by atoms with Crippen molar-refractivity contribution < 1.29 is 0 Å². The minimum absolute atomic E-state index is 0.355. The van der Waals surface area contributed by atoms with Gasteiger partial charge in [-0.05, 0) is 36.4 Å². The molecule has 0 bridgehead atoms. The molecule has 21 heavy (non-hydrogen) atoms. The Balaban J connectivity index is 1.89. The first-order valence-electron chi connectivity index (χ1n) is 7.22. The van der Waals surface area contributed by atoms with Gasteiger partial charge in [0.25, 0.3) is 0 Å². The number of rotatable bonds is 1. The van der Waals surface area contributed by atoms with Crippen LogP contribution >= 0.6 is 11.3 Å². The molecule has 106 valence electrons. The summed E-state index contributed by atoms with van der Waals surface area (Å²) in [6.07, 6.45) is 2.88. The predicted octanol–water partition coefficient (Wildman–Crippen LogP) is 4.00. The van der Waals surface area contributed by atoms with Crippen molar-refractivity contribution in [1.82, 2.24) is 4.98 Å². The molecule has 3 heterocycles. The molecule has 0 aliphatic carbocycles. The van der Waals surface area contributed by atoms with Crippen LogP contribution in [0.5, 0.6) is 0 Å². The third-order valence-electron chi connectivity index (χ3n) is 4.34. The highest BCUT2D eigenvalue weighted by atomic mass is 32.1. The maximum Gasteiger partial charge on any atom is 0.0745 e. The van der Waals surface area contributed by atoms with Crippen LogP contribution in [0, 0.1) is 0 Å². The molecule has 2 N–H and O–H groups in total. The van der Waals surface area contributed by atoms with Crippen LogP contribution in [0.1, 0.15) is 23.4 Å². The van der Waals surface area contributed by atoms with Crippen molar-refractivity contribution in [3.05, 3.63) is 52.3 Å². The van der Waals surface area contributed by atoms with Gasteiger partial charge in [0.1, 0.15) is 0 Å². The van der Waals surface area contributed by atoms with Crippen molar-refractivity contribution >= 4 is 33.6 Å². The summed E-state index contributed by atoms with van der Waals surface area (Å²) in [5.74, 6) is 0. The second kappa shape index (κ2) is 4.74. The third-order valence-corrected chi connectivity index (χ3v) is 5.34. The minimum atomic E-state index is 0.355. The van der Waals surface area contributed by atoms with Crippen molar-refractivity contribution in [2.24, 2.45) is 0 Å². The van der Waals surface area contributed by atoms with Gasteiger partial charge in [-0.15, -0.1) is 11.3 Å². The Labute approximate surface area is 128 Å². The molecule has 1 aromatic carbocycles. The number of hydrogen-bond acceptors (Lipinski definition) is 4. The van der Waals surface area contributed by atoms with Crippen LogP contribution in [0.4, 0.5) is 11.4 Å². The van der Waals surface area contributed by atoms with E-state index in [0.29, 0.717) is 6.04 Å². The van der Waals surface area contributed by atoms with Crippen molar-refractivity contribution in [2.75, 3.05) is 17.2 Å². The van der Waals surface area contributed by atoms with Gasteiger partial charge < -0.3 is 10.6 Å². The molecule has 1 unspecified atom stereocenters. The third kappa shape index (κ3) is 1.90. The number of benzene rings is 1. The van der Waals surface area contributed by atoms with E-state index < -0.39 is 0 Å². The molecule has 0 fully saturated rings. The van der Waals surface area contributed by atoms with Crippen LogP contribution in [0.15, 0.2) is 41.9 Å². The molecule has 4 rings (SSSR count). The monoisotopic (exact) mass is 295 g/mol. The summed E-state index contributed by atoms with van der Waals surface area (Å²) in [5, 5.41) is 3.33. The molecule has 4 heteroatoms. The first-order valence-corrected chi connectivity index (χ1v) is 8.10. The lowest BCUT2D eigenvalue weighted by molar-refractivity contribution is 0.635. The van der Waals surface area contributed by atoms with Gasteiger partial charge in [0, 0.05) is 16.8 Å². The summed E-state index contributed by atoms with van der Waals surface area (Å²) in [6.45, 7) is 3.27. The van der Waals surface area contributed by atoms with Crippen molar-refractivity contribution in [1.29, 1.82) is 0 Å². The van der Waals surface area contributed by atoms with Gasteiger partial charge in [-0.25, -0.2) is 0 Å². The number of nitrogens with zero attached hydrogens (tertiary/aromatic N) is 2. The van der Waals surface area contributed by atoms with Crippen molar-refractivity contribution in [2.45, 2.75) is 19.4 Å². The van der Waals surface area contributed by atoms with Crippen LogP contribution in [0.25, 0.3) is 10.9 Å². The highest BCUT2D eigenvalue weighted by molar-refractivity contribution is 7.10. The van der Waals surface area contributed by atoms with E-state index in [1.807, 2.05) is 23.5 Å². The molecule has 0 spiro atoms. The quantitative estimate of drug-likeness (QED) is 0.738. The topological polar surface area (TPSA) is 42.1 Å². The lowest BCUT2D eigenvalue weighted by Gasteiger charge is -2.36. The van der Waals surface area contributed by atoms with Gasteiger partial charge in [0.05, 0.1) is 29.1 Å². The summed E-state index contributed by atoms with van der Waals surface area (Å²) >= 11 is 1.86. The van der Waals surface area contributed by atoms with Gasteiger partial charge in [-0.1, -0.05) is 18.2 Å². The fourth-order valence-corrected chi connectivity index (χ4v) is 4.24. The van der Waals surface area contributed by atoms with E-state index in [1.165, 1.54) is 10.4 Å². The highest BCUT2D eigenvalue weighted by Crippen LogP contribution is 2.40. The second-order valence-electron chi connectivity index (χ2n) is 5.50. The predicted molar refractivity (Wildman–Crippen MR) is 89.9 cm³/mol. The van der Waals surface area contributed by atoms with E-state index in [4.69, 9.17) is 5.73 Å². The number of pyridine rings is 1. The van der Waals surface area contributed by atoms with Crippen LogP contribution in [0.2, 0.25) is 0 Å². The zero-order chi connectivity index (χ0) is 14.4. The number of nitrogen functional groups attached to an aromatic ring is 1. The number of hydrogen-bond donors (Lipinski definition) is 1. The zero-order valence-corrected chi connectivity index (χ0v) is 12.7. The molecule has 3 aromatic rings. The first-order chi connectivity index (χ1) is 10.3. The maximum atomic E-state index is 6.27. The first kappa shape index (κ1) is 12.7. The molecule has 1 aliphatic heterocycles. The number of thiophene rings is 1. The summed E-state index contributed by atoms with van der Waals surface area (Å²) in [6, 6.07) is 10.8. The second-order valence-corrected chi connectivity index (χ2v) is 6.50. The average molecular weight is 295 g/mol. The fourth-order valence-electron chi connectivity index (χ4n) is 3.28. The fraction of sp³-hybridized carbons (Fsp3) is 0.235. The molecule has 1 atom stereocenters. The molecule has 0 radical (unpaired) electrons. The lowest BCUT2D eigenvalue weighted by atomic mass is 9.99. The molecule has 1 aliphatic rings. The smallest absolute Gasteiger partial charge is 0.0745 e. The van der Waals surface area contributed by atoms with Gasteiger partial charge in [-0.2, -0.15) is 0 Å². The summed E-state index contributed by atoms with van der Waals surface area (Å²) in [7, 11) is 0. The van der Waals surface area contributed by atoms with Crippen LogP contribution < -0.4 is 10.6 Å². The number of para-hydroxylation sites is 1. The average Bonchev–Trinajstić information content (AvgIpc) is 2.98. The molecule has 0 saturated carbocycles. The summed E-state index contributed by atoms with van der Waals surface area (Å²) in [4.78, 5) is 8.38. The van der Waals surface area contributed by atoms with Gasteiger partial charge >= 0.3 is 0 Å².